The molecule has 0 fully saturated rings. The highest BCUT2D eigenvalue weighted by Crippen LogP contribution is 2.13. The lowest BCUT2D eigenvalue weighted by molar-refractivity contribution is -0.368. The van der Waals surface area contributed by atoms with Crippen molar-refractivity contribution >= 4 is 17.7 Å². The quantitative estimate of drug-likeness (QED) is 0.858. The summed E-state index contributed by atoms with van der Waals surface area (Å²) in [6, 6.07) is 9.50. The van der Waals surface area contributed by atoms with Crippen LogP contribution in [0.15, 0.2) is 36.7 Å². The Hall–Kier alpha value is -2.70. The van der Waals surface area contributed by atoms with Crippen LogP contribution in [0, 0.1) is 0 Å². The van der Waals surface area contributed by atoms with Crippen molar-refractivity contribution in [3.63, 3.8) is 0 Å². The second kappa shape index (κ2) is 6.46. The summed E-state index contributed by atoms with van der Waals surface area (Å²) in [6.45, 7) is 0.470. The van der Waals surface area contributed by atoms with E-state index in [1.807, 2.05) is 30.3 Å². The number of benzene rings is 1. The molecule has 2 amide bonds. The lowest BCUT2D eigenvalue weighted by atomic mass is 10.2. The molecule has 0 saturated heterocycles. The van der Waals surface area contributed by atoms with Crippen molar-refractivity contribution in [2.75, 3.05) is 24.3 Å². The van der Waals surface area contributed by atoms with Gasteiger partial charge in [0.1, 0.15) is 0 Å². The number of nitrogens with zero attached hydrogens (tertiary/aromatic N) is 3. The standard InChI is InChI=1S/C13H16N6O/c1-14-11-12(16-9-17-18-11)19(2)13(20)15-8-10-6-4-3-5-7-10/h3-7,9H,8H2,1-2H3,(H,14,18)(H,15,20)/p+1. The summed E-state index contributed by atoms with van der Waals surface area (Å²) in [5, 5.41) is 13.3. The van der Waals surface area contributed by atoms with Gasteiger partial charge >= 0.3 is 6.03 Å². The van der Waals surface area contributed by atoms with E-state index >= 15 is 0 Å². The fourth-order valence-electron chi connectivity index (χ4n) is 1.71. The maximum atomic E-state index is 12.1. The molecule has 0 atom stereocenters. The molecule has 3 N–H and O–H groups in total. The van der Waals surface area contributed by atoms with Crippen LogP contribution in [0.4, 0.5) is 16.4 Å². The Balaban J connectivity index is 2.02. The number of anilines is 2. The van der Waals surface area contributed by atoms with Gasteiger partial charge in [0.15, 0.2) is 0 Å². The molecule has 0 saturated carbocycles. The first-order valence-electron chi connectivity index (χ1n) is 6.19. The van der Waals surface area contributed by atoms with Crippen LogP contribution in [0.25, 0.3) is 0 Å². The van der Waals surface area contributed by atoms with E-state index < -0.39 is 0 Å². The highest BCUT2D eigenvalue weighted by molar-refractivity contribution is 5.91. The predicted octanol–water partition coefficient (Wildman–Crippen LogP) is 0.678. The minimum absolute atomic E-state index is 0.227. The molecule has 0 aliphatic rings. The molecule has 104 valence electrons. The summed E-state index contributed by atoms with van der Waals surface area (Å²) >= 11 is 0. The molecular weight excluding hydrogens is 256 g/mol. The van der Waals surface area contributed by atoms with Crippen LogP contribution in [0.2, 0.25) is 0 Å². The van der Waals surface area contributed by atoms with E-state index in [-0.39, 0.29) is 6.03 Å². The highest BCUT2D eigenvalue weighted by atomic mass is 16.2. The number of nitrogens with one attached hydrogen (secondary N) is 3. The summed E-state index contributed by atoms with van der Waals surface area (Å²) < 4.78 is 0. The van der Waals surface area contributed by atoms with E-state index in [4.69, 9.17) is 0 Å². The van der Waals surface area contributed by atoms with Crippen molar-refractivity contribution in [3.05, 3.63) is 42.2 Å². The van der Waals surface area contributed by atoms with E-state index in [9.17, 15) is 4.79 Å². The molecule has 0 spiro atoms. The van der Waals surface area contributed by atoms with Gasteiger partial charge in [0.05, 0.1) is 7.05 Å². The third-order valence-corrected chi connectivity index (χ3v) is 2.80. The van der Waals surface area contributed by atoms with E-state index in [0.717, 1.165) is 5.56 Å². The Morgan fingerprint density at radius 2 is 2.10 bits per heavy atom. The number of H-pyrrole nitrogens is 1. The van der Waals surface area contributed by atoms with Crippen LogP contribution in [0.3, 0.4) is 0 Å². The molecule has 2 aromatic rings. The Morgan fingerprint density at radius 3 is 2.80 bits per heavy atom. The maximum Gasteiger partial charge on any atom is 0.379 e. The fraction of sp³-hybridized carbons (Fsp3) is 0.231. The van der Waals surface area contributed by atoms with E-state index in [1.165, 1.54) is 11.2 Å². The summed E-state index contributed by atoms with van der Waals surface area (Å²) in [5.41, 5.74) is 1.04. The largest absolute Gasteiger partial charge is 0.379 e. The number of amides is 2. The summed E-state index contributed by atoms with van der Waals surface area (Å²) in [7, 11) is 3.38. The molecule has 0 aliphatic heterocycles. The molecule has 7 heteroatoms. The van der Waals surface area contributed by atoms with Crippen LogP contribution >= 0.6 is 0 Å². The molecule has 2 rings (SSSR count). The van der Waals surface area contributed by atoms with Crippen LogP contribution in [-0.2, 0) is 6.54 Å². The summed E-state index contributed by atoms with van der Waals surface area (Å²) in [6.07, 6.45) is 1.43. The van der Waals surface area contributed by atoms with Gasteiger partial charge in [0.25, 0.3) is 5.82 Å². The zero-order valence-corrected chi connectivity index (χ0v) is 11.4. The van der Waals surface area contributed by atoms with Gasteiger partial charge < -0.3 is 10.6 Å². The van der Waals surface area contributed by atoms with Gasteiger partial charge in [-0.2, -0.15) is 0 Å². The van der Waals surface area contributed by atoms with Crippen molar-refractivity contribution in [1.29, 1.82) is 0 Å². The van der Waals surface area contributed by atoms with Crippen LogP contribution in [0.1, 0.15) is 5.56 Å². The number of hydrogen-bond donors (Lipinski definition) is 2. The van der Waals surface area contributed by atoms with Crippen molar-refractivity contribution < 1.29 is 9.78 Å². The molecule has 0 radical (unpaired) electrons. The monoisotopic (exact) mass is 273 g/mol. The third-order valence-electron chi connectivity index (χ3n) is 2.80. The van der Waals surface area contributed by atoms with Gasteiger partial charge in [-0.3, -0.25) is 0 Å². The molecule has 1 aromatic heterocycles. The van der Waals surface area contributed by atoms with Gasteiger partial charge in [-0.05, 0) is 10.7 Å². The van der Waals surface area contributed by atoms with Crippen molar-refractivity contribution in [2.45, 2.75) is 6.54 Å². The number of carbonyl (C=O) groups is 1. The number of aromatic nitrogens is 3. The number of rotatable bonds is 4. The third kappa shape index (κ3) is 3.19. The van der Waals surface area contributed by atoms with E-state index in [0.29, 0.717) is 18.2 Å². The fourth-order valence-corrected chi connectivity index (χ4v) is 1.71. The first kappa shape index (κ1) is 13.7. The number of aromatic amines is 1. The number of urea groups is 1. The molecule has 0 unspecified atom stereocenters. The average molecular weight is 273 g/mol. The second-order valence-corrected chi connectivity index (χ2v) is 4.14. The Bertz CT molecular complexity index is 574. The molecule has 1 aromatic carbocycles. The van der Waals surface area contributed by atoms with Crippen molar-refractivity contribution in [3.8, 4) is 0 Å². The molecular formula is C13H17N6O+. The minimum atomic E-state index is -0.227. The van der Waals surface area contributed by atoms with E-state index in [2.05, 4.69) is 25.8 Å². The topological polar surface area (TPSA) is 84.3 Å². The first-order valence-corrected chi connectivity index (χ1v) is 6.19. The average Bonchev–Trinajstić information content (AvgIpc) is 2.52. The smallest absolute Gasteiger partial charge is 0.365 e. The van der Waals surface area contributed by atoms with Gasteiger partial charge in [-0.15, -0.1) is 0 Å². The Labute approximate surface area is 117 Å². The van der Waals surface area contributed by atoms with Crippen LogP contribution < -0.4 is 20.5 Å². The van der Waals surface area contributed by atoms with Crippen molar-refractivity contribution in [1.82, 2.24) is 15.5 Å². The van der Waals surface area contributed by atoms with Gasteiger partial charge in [-0.1, -0.05) is 30.3 Å². The number of hydrogen-bond acceptors (Lipinski definition) is 4. The highest BCUT2D eigenvalue weighted by Gasteiger charge is 2.21. The normalized spacial score (nSPS) is 9.90. The number of carbonyl (C=O) groups excluding carboxylic acids is 1. The SMILES string of the molecule is CNc1nnc[nH+]c1N(C)C(=O)NCc1ccccc1. The first-order chi connectivity index (χ1) is 9.72. The van der Waals surface area contributed by atoms with E-state index in [1.54, 1.807) is 14.1 Å². The van der Waals surface area contributed by atoms with Gasteiger partial charge in [0, 0.05) is 18.7 Å². The summed E-state index contributed by atoms with van der Waals surface area (Å²) in [4.78, 5) is 16.4. The van der Waals surface area contributed by atoms with Gasteiger partial charge in [0.2, 0.25) is 12.1 Å². The molecule has 20 heavy (non-hydrogen) atoms. The molecule has 1 heterocycles. The van der Waals surface area contributed by atoms with Gasteiger partial charge in [-0.25, -0.2) is 14.7 Å². The molecule has 0 bridgehead atoms. The Morgan fingerprint density at radius 1 is 1.35 bits per heavy atom. The van der Waals surface area contributed by atoms with Crippen LogP contribution in [-0.4, -0.2) is 30.3 Å². The van der Waals surface area contributed by atoms with Crippen LogP contribution in [0.5, 0.6) is 0 Å². The second-order valence-electron chi connectivity index (χ2n) is 4.14. The summed E-state index contributed by atoms with van der Waals surface area (Å²) in [5.74, 6) is 1.05. The molecule has 7 nitrogen and oxygen atoms in total. The maximum absolute atomic E-state index is 12.1. The zero-order valence-electron chi connectivity index (χ0n) is 11.4. The molecule has 0 aliphatic carbocycles. The minimum Gasteiger partial charge on any atom is -0.365 e. The predicted molar refractivity (Wildman–Crippen MR) is 75.2 cm³/mol. The lowest BCUT2D eigenvalue weighted by Crippen LogP contribution is -2.40. The van der Waals surface area contributed by atoms with Crippen molar-refractivity contribution in [2.24, 2.45) is 0 Å². The zero-order chi connectivity index (χ0) is 14.4. The Kier molecular flexibility index (Phi) is 4.43. The lowest BCUT2D eigenvalue weighted by Gasteiger charge is -2.13.